The van der Waals surface area contributed by atoms with Gasteiger partial charge in [-0.1, -0.05) is 54.4 Å². The van der Waals surface area contributed by atoms with E-state index in [0.29, 0.717) is 46.9 Å². The Morgan fingerprint density at radius 3 is 2.32 bits per heavy atom. The molecule has 1 unspecified atom stereocenters. The first-order valence-corrected chi connectivity index (χ1v) is 15.3. The van der Waals surface area contributed by atoms with Crippen LogP contribution < -0.4 is 19.1 Å². The number of benzene rings is 3. The van der Waals surface area contributed by atoms with E-state index in [0.717, 1.165) is 4.31 Å². The van der Waals surface area contributed by atoms with Crippen molar-refractivity contribution in [2.75, 3.05) is 30.6 Å². The standard InChI is InChI=1S/C29H31Cl2N3O6S/c1-3-25(29(36)32-4-2)33(18-20-10-11-21(30)16-24(20)31)28(35)19-34(41(37,38)23-8-6-5-7-9-23)22-12-13-26-27(17-22)40-15-14-39-26/h5-13,16-17,25H,3-4,14-15,18-19H2,1-2H3,(H,32,36). The number of amides is 2. The number of carbonyl (C=O) groups excluding carboxylic acids is 2. The predicted octanol–water partition coefficient (Wildman–Crippen LogP) is 4.90. The van der Waals surface area contributed by atoms with E-state index in [4.69, 9.17) is 32.7 Å². The van der Waals surface area contributed by atoms with Crippen molar-refractivity contribution in [1.29, 1.82) is 0 Å². The van der Waals surface area contributed by atoms with Crippen LogP contribution in [0.5, 0.6) is 11.5 Å². The molecule has 1 heterocycles. The summed E-state index contributed by atoms with van der Waals surface area (Å²) in [5.74, 6) is -0.105. The van der Waals surface area contributed by atoms with Gasteiger partial charge in [0.1, 0.15) is 25.8 Å². The van der Waals surface area contributed by atoms with Crippen LogP contribution in [0.1, 0.15) is 25.8 Å². The van der Waals surface area contributed by atoms with Crippen molar-refractivity contribution < 1.29 is 27.5 Å². The summed E-state index contributed by atoms with van der Waals surface area (Å²) in [4.78, 5) is 28.5. The molecule has 0 bridgehead atoms. The number of sulfonamides is 1. The molecule has 3 aromatic rings. The summed E-state index contributed by atoms with van der Waals surface area (Å²) in [6.07, 6.45) is 0.290. The van der Waals surface area contributed by atoms with Gasteiger partial charge in [-0.25, -0.2) is 8.42 Å². The Balaban J connectivity index is 1.77. The smallest absolute Gasteiger partial charge is 0.264 e. The number of hydrogen-bond donors (Lipinski definition) is 1. The first-order chi connectivity index (χ1) is 19.6. The summed E-state index contributed by atoms with van der Waals surface area (Å²) in [5.41, 5.74) is 0.769. The van der Waals surface area contributed by atoms with Gasteiger partial charge in [-0.05, 0) is 55.3 Å². The molecule has 218 valence electrons. The zero-order chi connectivity index (χ0) is 29.6. The normalized spacial score (nSPS) is 13.3. The molecule has 0 saturated carbocycles. The maximum Gasteiger partial charge on any atom is 0.264 e. The number of anilines is 1. The number of nitrogens with one attached hydrogen (secondary N) is 1. The Morgan fingerprint density at radius 1 is 0.951 bits per heavy atom. The highest BCUT2D eigenvalue weighted by Gasteiger charge is 2.34. The molecule has 2 amide bonds. The summed E-state index contributed by atoms with van der Waals surface area (Å²) < 4.78 is 40.2. The molecule has 0 saturated heterocycles. The van der Waals surface area contributed by atoms with E-state index in [9.17, 15) is 18.0 Å². The van der Waals surface area contributed by atoms with Crippen molar-refractivity contribution in [2.45, 2.75) is 37.8 Å². The third kappa shape index (κ3) is 7.06. The van der Waals surface area contributed by atoms with Gasteiger partial charge in [-0.3, -0.25) is 13.9 Å². The Labute approximate surface area is 250 Å². The van der Waals surface area contributed by atoms with Crippen LogP contribution in [0.3, 0.4) is 0 Å². The average molecular weight is 621 g/mol. The van der Waals surface area contributed by atoms with E-state index in [-0.39, 0.29) is 29.5 Å². The number of nitrogens with zero attached hydrogens (tertiary/aromatic N) is 2. The highest BCUT2D eigenvalue weighted by Crippen LogP contribution is 2.36. The van der Waals surface area contributed by atoms with Crippen molar-refractivity contribution in [3.05, 3.63) is 82.3 Å². The van der Waals surface area contributed by atoms with E-state index < -0.39 is 28.5 Å². The molecule has 1 N–H and O–H groups in total. The van der Waals surface area contributed by atoms with Crippen LogP contribution in [-0.4, -0.2) is 57.5 Å². The lowest BCUT2D eigenvalue weighted by atomic mass is 10.1. The largest absolute Gasteiger partial charge is 0.486 e. The summed E-state index contributed by atoms with van der Waals surface area (Å²) >= 11 is 12.5. The van der Waals surface area contributed by atoms with Crippen LogP contribution in [-0.2, 0) is 26.2 Å². The first kappa shape index (κ1) is 30.5. The van der Waals surface area contributed by atoms with Crippen molar-refractivity contribution >= 4 is 50.7 Å². The average Bonchev–Trinajstić information content (AvgIpc) is 2.97. The van der Waals surface area contributed by atoms with E-state index in [1.165, 1.54) is 23.1 Å². The fraction of sp³-hybridized carbons (Fsp3) is 0.310. The molecule has 0 radical (unpaired) electrons. The van der Waals surface area contributed by atoms with Gasteiger partial charge in [0.2, 0.25) is 11.8 Å². The fourth-order valence-electron chi connectivity index (χ4n) is 4.48. The zero-order valence-electron chi connectivity index (χ0n) is 22.7. The van der Waals surface area contributed by atoms with Crippen LogP contribution >= 0.6 is 23.2 Å². The maximum atomic E-state index is 14.1. The van der Waals surface area contributed by atoms with Gasteiger partial charge in [-0.2, -0.15) is 0 Å². The Morgan fingerprint density at radius 2 is 1.66 bits per heavy atom. The second-order valence-electron chi connectivity index (χ2n) is 9.23. The molecule has 1 aliphatic heterocycles. The molecule has 41 heavy (non-hydrogen) atoms. The van der Waals surface area contributed by atoms with Crippen LogP contribution in [0.4, 0.5) is 5.69 Å². The summed E-state index contributed by atoms with van der Waals surface area (Å²) in [6, 6.07) is 16.5. The number of hydrogen-bond acceptors (Lipinski definition) is 6. The molecular weight excluding hydrogens is 589 g/mol. The molecule has 0 aliphatic carbocycles. The van der Waals surface area contributed by atoms with Crippen molar-refractivity contribution in [3.63, 3.8) is 0 Å². The number of fused-ring (bicyclic) bond motifs is 1. The van der Waals surface area contributed by atoms with Crippen molar-refractivity contribution in [2.24, 2.45) is 0 Å². The van der Waals surface area contributed by atoms with Crippen molar-refractivity contribution in [3.8, 4) is 11.5 Å². The molecule has 1 atom stereocenters. The minimum absolute atomic E-state index is 0.00533. The zero-order valence-corrected chi connectivity index (χ0v) is 25.0. The fourth-order valence-corrected chi connectivity index (χ4v) is 6.38. The second kappa shape index (κ2) is 13.5. The molecule has 3 aromatic carbocycles. The lowest BCUT2D eigenvalue weighted by Gasteiger charge is -2.33. The van der Waals surface area contributed by atoms with Gasteiger partial charge in [0.25, 0.3) is 10.0 Å². The summed E-state index contributed by atoms with van der Waals surface area (Å²) in [6.45, 7) is 3.98. The lowest BCUT2D eigenvalue weighted by molar-refractivity contribution is -0.140. The molecule has 1 aliphatic rings. The Hall–Kier alpha value is -3.47. The summed E-state index contributed by atoms with van der Waals surface area (Å²) in [5, 5.41) is 3.51. The minimum atomic E-state index is -4.21. The lowest BCUT2D eigenvalue weighted by Crippen LogP contribution is -2.52. The molecule has 0 spiro atoms. The topological polar surface area (TPSA) is 105 Å². The number of likely N-dealkylation sites (N-methyl/N-ethyl adjacent to an activating group) is 1. The van der Waals surface area contributed by atoms with Gasteiger partial charge < -0.3 is 19.7 Å². The summed E-state index contributed by atoms with van der Waals surface area (Å²) in [7, 11) is -4.21. The van der Waals surface area contributed by atoms with Gasteiger partial charge in [0.05, 0.1) is 10.6 Å². The maximum absolute atomic E-state index is 14.1. The van der Waals surface area contributed by atoms with Crippen LogP contribution in [0.2, 0.25) is 10.0 Å². The van der Waals surface area contributed by atoms with Crippen LogP contribution in [0.25, 0.3) is 0 Å². The predicted molar refractivity (Wildman–Crippen MR) is 158 cm³/mol. The highest BCUT2D eigenvalue weighted by molar-refractivity contribution is 7.92. The molecule has 0 fully saturated rings. The minimum Gasteiger partial charge on any atom is -0.486 e. The SMILES string of the molecule is CCNC(=O)C(CC)N(Cc1ccc(Cl)cc1Cl)C(=O)CN(c1ccc2c(c1)OCCO2)S(=O)(=O)c1ccccc1. The Kier molecular flexibility index (Phi) is 10.0. The van der Waals surface area contributed by atoms with E-state index in [1.54, 1.807) is 62.4 Å². The molecule has 12 heteroatoms. The molecular formula is C29H31Cl2N3O6S. The monoisotopic (exact) mass is 619 g/mol. The van der Waals surface area contributed by atoms with Gasteiger partial charge >= 0.3 is 0 Å². The van der Waals surface area contributed by atoms with E-state index in [1.807, 2.05) is 0 Å². The number of halogens is 2. The quantitative estimate of drug-likeness (QED) is 0.327. The van der Waals surface area contributed by atoms with Gasteiger partial charge in [0.15, 0.2) is 11.5 Å². The second-order valence-corrected chi connectivity index (χ2v) is 11.9. The van der Waals surface area contributed by atoms with Gasteiger partial charge in [0, 0.05) is 29.2 Å². The highest BCUT2D eigenvalue weighted by atomic mass is 35.5. The Bertz CT molecular complexity index is 1500. The number of ether oxygens (including phenoxy) is 2. The van der Waals surface area contributed by atoms with Crippen LogP contribution in [0, 0.1) is 0 Å². The third-order valence-electron chi connectivity index (χ3n) is 6.52. The molecule has 9 nitrogen and oxygen atoms in total. The molecule has 0 aromatic heterocycles. The number of carbonyl (C=O) groups is 2. The first-order valence-electron chi connectivity index (χ1n) is 13.1. The molecule has 4 rings (SSSR count). The third-order valence-corrected chi connectivity index (χ3v) is 8.89. The van der Waals surface area contributed by atoms with E-state index in [2.05, 4.69) is 5.32 Å². The van der Waals surface area contributed by atoms with Crippen LogP contribution in [0.15, 0.2) is 71.6 Å². The van der Waals surface area contributed by atoms with E-state index >= 15 is 0 Å². The number of rotatable bonds is 11. The van der Waals surface area contributed by atoms with Gasteiger partial charge in [-0.15, -0.1) is 0 Å². The van der Waals surface area contributed by atoms with Crippen molar-refractivity contribution in [1.82, 2.24) is 10.2 Å².